The number of methoxy groups -OCH3 is 1. The normalized spacial score (nSPS) is 13.7. The standard InChI is InChI=1S/C11H14N2O3.C2H7N/c1-16-11-8-9(13(14)15)4-5-10(11)12-6-2-3-7-12;1-3-2/h4-5,8H,2-3,6-7H2,1H3;3H,1-2H3. The number of nitro groups is 1. The molecule has 2 rings (SSSR count). The summed E-state index contributed by atoms with van der Waals surface area (Å²) in [7, 11) is 5.29. The smallest absolute Gasteiger partial charge is 0.273 e. The van der Waals surface area contributed by atoms with Gasteiger partial charge < -0.3 is 15.0 Å². The van der Waals surface area contributed by atoms with Gasteiger partial charge in [0.15, 0.2) is 0 Å². The SMILES string of the molecule is CNC.COc1cc([N+](=O)[O-])ccc1N1CCCC1. The van der Waals surface area contributed by atoms with E-state index >= 15 is 0 Å². The van der Waals surface area contributed by atoms with Crippen LogP contribution in [0.2, 0.25) is 0 Å². The van der Waals surface area contributed by atoms with Crippen LogP contribution >= 0.6 is 0 Å². The van der Waals surface area contributed by atoms with Crippen molar-refractivity contribution < 1.29 is 9.66 Å². The predicted octanol–water partition coefficient (Wildman–Crippen LogP) is 2.04. The summed E-state index contributed by atoms with van der Waals surface area (Å²) in [6.07, 6.45) is 2.33. The summed E-state index contributed by atoms with van der Waals surface area (Å²) in [5, 5.41) is 13.4. The van der Waals surface area contributed by atoms with E-state index in [4.69, 9.17) is 4.74 Å². The minimum atomic E-state index is -0.406. The maximum Gasteiger partial charge on any atom is 0.273 e. The van der Waals surface area contributed by atoms with Crippen LogP contribution in [-0.2, 0) is 0 Å². The summed E-state index contributed by atoms with van der Waals surface area (Å²) in [5.41, 5.74) is 1.02. The molecule has 1 aliphatic rings. The number of nitro benzene ring substituents is 1. The van der Waals surface area contributed by atoms with E-state index < -0.39 is 4.92 Å². The third-order valence-electron chi connectivity index (χ3n) is 2.82. The number of rotatable bonds is 3. The molecule has 0 bridgehead atoms. The highest BCUT2D eigenvalue weighted by Crippen LogP contribution is 2.33. The summed E-state index contributed by atoms with van der Waals surface area (Å²) in [4.78, 5) is 12.4. The van der Waals surface area contributed by atoms with Crippen molar-refractivity contribution in [2.45, 2.75) is 12.8 Å². The Labute approximate surface area is 113 Å². The fourth-order valence-electron chi connectivity index (χ4n) is 2.00. The van der Waals surface area contributed by atoms with Crippen molar-refractivity contribution in [2.24, 2.45) is 0 Å². The lowest BCUT2D eigenvalue weighted by Gasteiger charge is -2.20. The van der Waals surface area contributed by atoms with Gasteiger partial charge in [-0.05, 0) is 33.0 Å². The zero-order chi connectivity index (χ0) is 14.3. The zero-order valence-electron chi connectivity index (χ0n) is 11.7. The molecule has 1 saturated heterocycles. The Balaban J connectivity index is 0.000000550. The van der Waals surface area contributed by atoms with Gasteiger partial charge in [0, 0.05) is 19.2 Å². The van der Waals surface area contributed by atoms with Crippen LogP contribution in [0.25, 0.3) is 0 Å². The second-order valence-corrected chi connectivity index (χ2v) is 4.31. The molecule has 0 unspecified atom stereocenters. The van der Waals surface area contributed by atoms with Gasteiger partial charge in [0.05, 0.1) is 23.8 Å². The number of ether oxygens (including phenoxy) is 1. The first kappa shape index (κ1) is 15.2. The second-order valence-electron chi connectivity index (χ2n) is 4.31. The minimum Gasteiger partial charge on any atom is -0.494 e. The van der Waals surface area contributed by atoms with Gasteiger partial charge in [-0.3, -0.25) is 10.1 Å². The van der Waals surface area contributed by atoms with Gasteiger partial charge in [-0.1, -0.05) is 0 Å². The molecule has 0 amide bonds. The number of nitrogens with zero attached hydrogens (tertiary/aromatic N) is 2. The molecule has 6 nitrogen and oxygen atoms in total. The Hall–Kier alpha value is -1.82. The summed E-state index contributed by atoms with van der Waals surface area (Å²) >= 11 is 0. The largest absolute Gasteiger partial charge is 0.494 e. The molecule has 1 aliphatic heterocycles. The molecule has 1 heterocycles. The third-order valence-corrected chi connectivity index (χ3v) is 2.82. The van der Waals surface area contributed by atoms with Crippen molar-refractivity contribution in [3.8, 4) is 5.75 Å². The lowest BCUT2D eigenvalue weighted by Crippen LogP contribution is -2.18. The first-order chi connectivity index (χ1) is 9.13. The van der Waals surface area contributed by atoms with Gasteiger partial charge in [0.2, 0.25) is 0 Å². The zero-order valence-corrected chi connectivity index (χ0v) is 11.7. The van der Waals surface area contributed by atoms with E-state index in [2.05, 4.69) is 10.2 Å². The predicted molar refractivity (Wildman–Crippen MR) is 76.1 cm³/mol. The van der Waals surface area contributed by atoms with Gasteiger partial charge in [-0.2, -0.15) is 0 Å². The molecule has 19 heavy (non-hydrogen) atoms. The highest BCUT2D eigenvalue weighted by Gasteiger charge is 2.18. The van der Waals surface area contributed by atoms with Gasteiger partial charge in [-0.25, -0.2) is 0 Å². The van der Waals surface area contributed by atoms with Gasteiger partial charge in [0.1, 0.15) is 5.75 Å². The Morgan fingerprint density at radius 1 is 1.32 bits per heavy atom. The molecule has 1 fully saturated rings. The number of hydrogen-bond donors (Lipinski definition) is 1. The maximum absolute atomic E-state index is 10.6. The van der Waals surface area contributed by atoms with Crippen LogP contribution in [-0.4, -0.2) is 39.2 Å². The molecule has 1 aromatic rings. The molecule has 0 atom stereocenters. The number of benzene rings is 1. The van der Waals surface area contributed by atoms with Crippen molar-refractivity contribution >= 4 is 11.4 Å². The van der Waals surface area contributed by atoms with Crippen LogP contribution in [0, 0.1) is 10.1 Å². The number of hydrogen-bond acceptors (Lipinski definition) is 5. The molecule has 1 N–H and O–H groups in total. The summed E-state index contributed by atoms with van der Waals surface area (Å²) in [6, 6.07) is 4.77. The molecule has 6 heteroatoms. The Morgan fingerprint density at radius 3 is 2.37 bits per heavy atom. The van der Waals surface area contributed by atoms with Gasteiger partial charge in [0.25, 0.3) is 5.69 Å². The summed E-state index contributed by atoms with van der Waals surface area (Å²) in [5.74, 6) is 0.580. The molecular weight excluding hydrogens is 246 g/mol. The highest BCUT2D eigenvalue weighted by molar-refractivity contribution is 5.62. The molecule has 0 aliphatic carbocycles. The Bertz CT molecular complexity index is 418. The quantitative estimate of drug-likeness (QED) is 0.670. The molecule has 0 saturated carbocycles. The maximum atomic E-state index is 10.6. The van der Waals surface area contributed by atoms with Crippen molar-refractivity contribution in [1.29, 1.82) is 0 Å². The van der Waals surface area contributed by atoms with E-state index in [0.29, 0.717) is 5.75 Å². The fraction of sp³-hybridized carbons (Fsp3) is 0.538. The number of anilines is 1. The third kappa shape index (κ3) is 4.10. The van der Waals surface area contributed by atoms with Crippen LogP contribution in [0.5, 0.6) is 5.75 Å². The average molecular weight is 267 g/mol. The van der Waals surface area contributed by atoms with E-state index in [1.165, 1.54) is 25.0 Å². The van der Waals surface area contributed by atoms with Crippen molar-refractivity contribution in [3.63, 3.8) is 0 Å². The van der Waals surface area contributed by atoms with E-state index in [0.717, 1.165) is 18.8 Å². The van der Waals surface area contributed by atoms with Crippen LogP contribution in [0.15, 0.2) is 18.2 Å². The molecular formula is C13H21N3O3. The number of non-ortho nitro benzene ring substituents is 1. The average Bonchev–Trinajstić information content (AvgIpc) is 2.92. The van der Waals surface area contributed by atoms with Crippen molar-refractivity contribution in [3.05, 3.63) is 28.3 Å². The van der Waals surface area contributed by atoms with Gasteiger partial charge in [-0.15, -0.1) is 0 Å². The Kier molecular flexibility index (Phi) is 6.08. The fourth-order valence-corrected chi connectivity index (χ4v) is 2.00. The van der Waals surface area contributed by atoms with Crippen LogP contribution in [0.3, 0.4) is 0 Å². The molecule has 0 radical (unpaired) electrons. The van der Waals surface area contributed by atoms with Crippen molar-refractivity contribution in [1.82, 2.24) is 5.32 Å². The molecule has 1 aromatic carbocycles. The first-order valence-electron chi connectivity index (χ1n) is 6.30. The molecule has 106 valence electrons. The van der Waals surface area contributed by atoms with Crippen LogP contribution in [0.4, 0.5) is 11.4 Å². The topological polar surface area (TPSA) is 67.6 Å². The number of nitrogens with one attached hydrogen (secondary N) is 1. The van der Waals surface area contributed by atoms with E-state index in [1.54, 1.807) is 13.2 Å². The minimum absolute atomic E-state index is 0.0693. The van der Waals surface area contributed by atoms with Crippen molar-refractivity contribution in [2.75, 3.05) is 39.2 Å². The van der Waals surface area contributed by atoms with Crippen LogP contribution in [0.1, 0.15) is 12.8 Å². The molecule has 0 aromatic heterocycles. The summed E-state index contributed by atoms with van der Waals surface area (Å²) < 4.78 is 5.20. The van der Waals surface area contributed by atoms with Crippen LogP contribution < -0.4 is 15.0 Å². The highest BCUT2D eigenvalue weighted by atomic mass is 16.6. The van der Waals surface area contributed by atoms with E-state index in [-0.39, 0.29) is 5.69 Å². The Morgan fingerprint density at radius 2 is 1.89 bits per heavy atom. The van der Waals surface area contributed by atoms with E-state index in [9.17, 15) is 10.1 Å². The lowest BCUT2D eigenvalue weighted by atomic mass is 10.2. The van der Waals surface area contributed by atoms with E-state index in [1.807, 2.05) is 14.1 Å². The summed E-state index contributed by atoms with van der Waals surface area (Å²) in [6.45, 7) is 1.99. The first-order valence-corrected chi connectivity index (χ1v) is 6.30. The monoisotopic (exact) mass is 267 g/mol. The van der Waals surface area contributed by atoms with Gasteiger partial charge >= 0.3 is 0 Å². The molecule has 0 spiro atoms. The lowest BCUT2D eigenvalue weighted by molar-refractivity contribution is -0.384. The second kappa shape index (κ2) is 7.58.